The fraction of sp³-hybridized carbons (Fsp3) is 0.333. The molecule has 8 heteroatoms. The molecule has 0 bridgehead atoms. The molecule has 2 aromatic carbocycles. The maximum absolute atomic E-state index is 11.9. The van der Waals surface area contributed by atoms with Crippen LogP contribution in [0.5, 0.6) is 5.75 Å². The normalized spacial score (nSPS) is 18.2. The third-order valence-corrected chi connectivity index (χ3v) is 6.88. The molecule has 0 amide bonds. The molecule has 1 aliphatic rings. The van der Waals surface area contributed by atoms with Gasteiger partial charge in [0, 0.05) is 25.0 Å². The molecule has 2 aromatic rings. The van der Waals surface area contributed by atoms with E-state index in [0.29, 0.717) is 19.5 Å². The zero-order chi connectivity index (χ0) is 19.1. The molecule has 1 aliphatic heterocycles. The lowest BCUT2D eigenvalue weighted by atomic mass is 9.88. The summed E-state index contributed by atoms with van der Waals surface area (Å²) in [4.78, 5) is 0.183. The van der Waals surface area contributed by atoms with Crippen LogP contribution in [0.25, 0.3) is 0 Å². The minimum Gasteiger partial charge on any atom is -0.507 e. The molecule has 0 spiro atoms. The number of hydrogen-bond donors (Lipinski definition) is 2. The lowest BCUT2D eigenvalue weighted by Crippen LogP contribution is -2.20. The summed E-state index contributed by atoms with van der Waals surface area (Å²) >= 11 is 0. The Balaban J connectivity index is 2.10. The van der Waals surface area contributed by atoms with E-state index >= 15 is 0 Å². The Kier molecular flexibility index (Phi) is 4.85. The van der Waals surface area contributed by atoms with Crippen molar-refractivity contribution in [3.8, 4) is 5.75 Å². The number of aromatic hydroxyl groups is 1. The van der Waals surface area contributed by atoms with Crippen LogP contribution in [0.15, 0.2) is 46.2 Å². The molecule has 1 heterocycles. The summed E-state index contributed by atoms with van der Waals surface area (Å²) in [6.07, 6.45) is 2.89. The van der Waals surface area contributed by atoms with Gasteiger partial charge in [0.05, 0.1) is 4.90 Å². The van der Waals surface area contributed by atoms with Crippen LogP contribution in [0.4, 0.5) is 0 Å². The molecule has 0 aliphatic carbocycles. The zero-order valence-electron chi connectivity index (χ0n) is 14.6. The number of hydrogen-bond acceptors (Lipinski definition) is 6. The number of phenols is 1. The number of phenolic OH excluding ortho intramolecular Hbond substituents is 1. The summed E-state index contributed by atoms with van der Waals surface area (Å²) in [5.41, 5.74) is 2.62. The SMILES string of the molecule is CS(=O)(=O)c1ccc(C2CNCCc3cc(S(C)(=O)=O)c(O)cc32)cc1. The van der Waals surface area contributed by atoms with Crippen molar-refractivity contribution >= 4 is 19.7 Å². The van der Waals surface area contributed by atoms with Crippen molar-refractivity contribution in [2.24, 2.45) is 0 Å². The molecule has 0 radical (unpaired) electrons. The Labute approximate surface area is 153 Å². The fourth-order valence-corrected chi connectivity index (χ4v) is 4.71. The smallest absolute Gasteiger partial charge is 0.179 e. The van der Waals surface area contributed by atoms with Gasteiger partial charge < -0.3 is 10.4 Å². The number of benzene rings is 2. The van der Waals surface area contributed by atoms with Gasteiger partial charge in [0.1, 0.15) is 10.6 Å². The molecule has 2 N–H and O–H groups in total. The van der Waals surface area contributed by atoms with E-state index in [1.54, 1.807) is 30.3 Å². The first-order chi connectivity index (χ1) is 12.1. The van der Waals surface area contributed by atoms with Crippen LogP contribution in [0.1, 0.15) is 22.6 Å². The van der Waals surface area contributed by atoms with E-state index in [2.05, 4.69) is 5.32 Å². The lowest BCUT2D eigenvalue weighted by Gasteiger charge is -2.20. The van der Waals surface area contributed by atoms with Gasteiger partial charge in [-0.2, -0.15) is 0 Å². The number of sulfone groups is 2. The Morgan fingerprint density at radius 3 is 2.23 bits per heavy atom. The molecule has 0 aromatic heterocycles. The van der Waals surface area contributed by atoms with Crippen molar-refractivity contribution in [3.63, 3.8) is 0 Å². The molecule has 1 unspecified atom stereocenters. The van der Waals surface area contributed by atoms with Gasteiger partial charge in [-0.25, -0.2) is 16.8 Å². The summed E-state index contributed by atoms with van der Waals surface area (Å²) in [6, 6.07) is 9.73. The summed E-state index contributed by atoms with van der Waals surface area (Å²) in [6.45, 7) is 1.31. The standard InChI is InChI=1S/C18H21NO5S2/c1-25(21,22)14-5-3-12(4-6-14)16-11-19-8-7-13-9-18(26(2,23)24)17(20)10-15(13)16/h3-6,9-10,16,19-20H,7-8,11H2,1-2H3. The quantitative estimate of drug-likeness (QED) is 0.816. The van der Waals surface area contributed by atoms with Crippen LogP contribution in [0.3, 0.4) is 0 Å². The first kappa shape index (κ1) is 18.9. The predicted octanol–water partition coefficient (Wildman–Crippen LogP) is 1.48. The van der Waals surface area contributed by atoms with Crippen molar-refractivity contribution in [2.75, 3.05) is 25.6 Å². The van der Waals surface area contributed by atoms with Gasteiger partial charge in [0.15, 0.2) is 19.7 Å². The van der Waals surface area contributed by atoms with Crippen molar-refractivity contribution in [1.82, 2.24) is 5.32 Å². The van der Waals surface area contributed by atoms with E-state index in [9.17, 15) is 21.9 Å². The van der Waals surface area contributed by atoms with Crippen LogP contribution in [-0.4, -0.2) is 47.5 Å². The van der Waals surface area contributed by atoms with E-state index < -0.39 is 19.7 Å². The van der Waals surface area contributed by atoms with Crippen LogP contribution >= 0.6 is 0 Å². The first-order valence-electron chi connectivity index (χ1n) is 8.14. The number of rotatable bonds is 3. The zero-order valence-corrected chi connectivity index (χ0v) is 16.2. The van der Waals surface area contributed by atoms with E-state index in [-0.39, 0.29) is 21.5 Å². The molecule has 3 rings (SSSR count). The maximum Gasteiger partial charge on any atom is 0.179 e. The minimum atomic E-state index is -3.52. The van der Waals surface area contributed by atoms with Gasteiger partial charge in [0.25, 0.3) is 0 Å². The van der Waals surface area contributed by atoms with Crippen LogP contribution in [0.2, 0.25) is 0 Å². The van der Waals surface area contributed by atoms with Crippen molar-refractivity contribution in [2.45, 2.75) is 22.1 Å². The second-order valence-corrected chi connectivity index (χ2v) is 10.6. The van der Waals surface area contributed by atoms with Gasteiger partial charge >= 0.3 is 0 Å². The summed E-state index contributed by atoms with van der Waals surface area (Å²) in [7, 11) is -6.79. The second kappa shape index (κ2) is 6.68. The Morgan fingerprint density at radius 1 is 1.00 bits per heavy atom. The topological polar surface area (TPSA) is 101 Å². The highest BCUT2D eigenvalue weighted by atomic mass is 32.2. The molecule has 1 atom stereocenters. The summed E-state index contributed by atoms with van der Waals surface area (Å²) in [5.74, 6) is -0.369. The Bertz CT molecular complexity index is 1040. The predicted molar refractivity (Wildman–Crippen MR) is 99.2 cm³/mol. The lowest BCUT2D eigenvalue weighted by molar-refractivity contribution is 0.457. The Morgan fingerprint density at radius 2 is 1.65 bits per heavy atom. The van der Waals surface area contributed by atoms with Gasteiger partial charge in [0.2, 0.25) is 0 Å². The third kappa shape index (κ3) is 3.77. The molecule has 26 heavy (non-hydrogen) atoms. The average Bonchev–Trinajstić information content (AvgIpc) is 2.74. The van der Waals surface area contributed by atoms with Crippen LogP contribution in [0, 0.1) is 0 Å². The van der Waals surface area contributed by atoms with E-state index in [1.807, 2.05) is 0 Å². The van der Waals surface area contributed by atoms with Crippen LogP contribution in [-0.2, 0) is 26.1 Å². The molecular weight excluding hydrogens is 374 g/mol. The molecule has 0 fully saturated rings. The monoisotopic (exact) mass is 395 g/mol. The average molecular weight is 396 g/mol. The molecule has 140 valence electrons. The second-order valence-electron chi connectivity index (χ2n) is 6.64. The largest absolute Gasteiger partial charge is 0.507 e. The highest BCUT2D eigenvalue weighted by Gasteiger charge is 2.25. The van der Waals surface area contributed by atoms with Gasteiger partial charge in [-0.05, 0) is 53.9 Å². The molecular formula is C18H21NO5S2. The van der Waals surface area contributed by atoms with Gasteiger partial charge in [-0.15, -0.1) is 0 Å². The number of fused-ring (bicyclic) bond motifs is 1. The van der Waals surface area contributed by atoms with Gasteiger partial charge in [-0.3, -0.25) is 0 Å². The first-order valence-corrected chi connectivity index (χ1v) is 11.9. The summed E-state index contributed by atoms with van der Waals surface area (Å²) < 4.78 is 47.0. The number of nitrogens with one attached hydrogen (secondary N) is 1. The fourth-order valence-electron chi connectivity index (χ4n) is 3.29. The van der Waals surface area contributed by atoms with Crippen molar-refractivity contribution in [1.29, 1.82) is 0 Å². The third-order valence-electron chi connectivity index (χ3n) is 4.63. The van der Waals surface area contributed by atoms with E-state index in [1.165, 1.54) is 6.07 Å². The van der Waals surface area contributed by atoms with E-state index in [4.69, 9.17) is 0 Å². The highest BCUT2D eigenvalue weighted by Crippen LogP contribution is 2.35. The molecule has 0 saturated carbocycles. The summed E-state index contributed by atoms with van der Waals surface area (Å²) in [5, 5.41) is 13.5. The van der Waals surface area contributed by atoms with Crippen LogP contribution < -0.4 is 5.32 Å². The molecule has 0 saturated heterocycles. The Hall–Kier alpha value is -1.90. The van der Waals surface area contributed by atoms with Crippen molar-refractivity contribution < 1.29 is 21.9 Å². The highest BCUT2D eigenvalue weighted by molar-refractivity contribution is 7.91. The minimum absolute atomic E-state index is 0.0654. The van der Waals surface area contributed by atoms with Crippen molar-refractivity contribution in [3.05, 3.63) is 53.1 Å². The van der Waals surface area contributed by atoms with Gasteiger partial charge in [-0.1, -0.05) is 12.1 Å². The van der Waals surface area contributed by atoms with E-state index in [0.717, 1.165) is 29.2 Å². The molecule has 6 nitrogen and oxygen atoms in total. The maximum atomic E-state index is 11.9.